The predicted octanol–water partition coefficient (Wildman–Crippen LogP) is 1.49. The molecule has 0 saturated carbocycles. The number of aromatic nitrogens is 3. The van der Waals surface area contributed by atoms with Crippen molar-refractivity contribution in [1.29, 1.82) is 0 Å². The van der Waals surface area contributed by atoms with E-state index in [0.717, 1.165) is 17.5 Å². The minimum Gasteiger partial charge on any atom is -0.387 e. The summed E-state index contributed by atoms with van der Waals surface area (Å²) in [5.41, 5.74) is 9.23. The number of hydrogen-bond acceptors (Lipinski definition) is 8. The highest BCUT2D eigenvalue weighted by molar-refractivity contribution is 6.05. The summed E-state index contributed by atoms with van der Waals surface area (Å²) in [6, 6.07) is 1.84. The summed E-state index contributed by atoms with van der Waals surface area (Å²) in [6.45, 7) is 3.19. The van der Waals surface area contributed by atoms with Crippen molar-refractivity contribution < 1.29 is 14.3 Å². The van der Waals surface area contributed by atoms with E-state index in [1.807, 2.05) is 13.0 Å². The number of ether oxygens (including phenoxy) is 1. The van der Waals surface area contributed by atoms with Gasteiger partial charge in [0.2, 0.25) is 11.8 Å². The summed E-state index contributed by atoms with van der Waals surface area (Å²) < 4.78 is 4.88. The normalized spacial score (nSPS) is 12.8. The Hall–Kier alpha value is -3.66. The number of carbonyl (C=O) groups excluding carboxylic acids is 2. The topological polar surface area (TPSA) is 144 Å². The van der Waals surface area contributed by atoms with Crippen molar-refractivity contribution in [1.82, 2.24) is 25.6 Å². The number of nitrogens with one attached hydrogen (secondary N) is 2. The highest BCUT2D eigenvalue weighted by atomic mass is 16.5. The van der Waals surface area contributed by atoms with Crippen LogP contribution in [0.1, 0.15) is 37.7 Å². The molecule has 0 saturated heterocycles. The van der Waals surface area contributed by atoms with E-state index in [2.05, 4.69) is 30.6 Å². The molecule has 1 aliphatic rings. The van der Waals surface area contributed by atoms with E-state index in [1.54, 1.807) is 31.8 Å². The molecule has 0 aromatic carbocycles. The molecule has 3 heterocycles. The lowest BCUT2D eigenvalue weighted by Crippen LogP contribution is -2.27. The van der Waals surface area contributed by atoms with Crippen LogP contribution in [0.15, 0.2) is 35.2 Å². The van der Waals surface area contributed by atoms with Crippen LogP contribution >= 0.6 is 0 Å². The molecule has 0 radical (unpaired) electrons. The number of pyridine rings is 1. The monoisotopic (exact) mass is 437 g/mol. The summed E-state index contributed by atoms with van der Waals surface area (Å²) in [5.74, 6) is 0.550. The fourth-order valence-corrected chi connectivity index (χ4v) is 2.98. The standard InChI is InChI=1S/C22H27N7O3/c1-3-5-24-22(31)14-7-17-18(29-19(23)9-14)8-15(10-25-17)16-11-26-20(27-12-16)13-28-21(30)4-6-32-2/h7-8,10-12H,3-6,9,13H2,1-2H3,(H2,23,29)(H,24,31)(H,28,30). The van der Waals surface area contributed by atoms with Crippen LogP contribution in [0.2, 0.25) is 0 Å². The zero-order valence-electron chi connectivity index (χ0n) is 18.2. The van der Waals surface area contributed by atoms with Crippen molar-refractivity contribution in [2.24, 2.45) is 10.7 Å². The van der Waals surface area contributed by atoms with Gasteiger partial charge in [-0.15, -0.1) is 0 Å². The summed E-state index contributed by atoms with van der Waals surface area (Å²) in [4.78, 5) is 41.5. The SMILES string of the molecule is CCCNC(=O)C1=Cc2ncc(-c3cnc(CNC(=O)CCOC)nc3)cc2N=C(N)C1. The second kappa shape index (κ2) is 11.1. The van der Waals surface area contributed by atoms with Crippen LogP contribution in [0.4, 0.5) is 5.69 Å². The van der Waals surface area contributed by atoms with Crippen molar-refractivity contribution in [3.05, 3.63) is 41.7 Å². The molecule has 4 N–H and O–H groups in total. The van der Waals surface area contributed by atoms with Gasteiger partial charge in [-0.2, -0.15) is 0 Å². The Labute approximate surface area is 186 Å². The lowest BCUT2D eigenvalue weighted by molar-refractivity contribution is -0.122. The Bertz CT molecular complexity index is 1030. The van der Waals surface area contributed by atoms with Gasteiger partial charge in [-0.25, -0.2) is 15.0 Å². The number of methoxy groups -OCH3 is 1. The molecular formula is C22H27N7O3. The molecule has 0 spiro atoms. The Kier molecular flexibility index (Phi) is 7.98. The molecule has 2 aromatic rings. The Balaban J connectivity index is 1.74. The number of amidine groups is 1. The molecule has 2 aromatic heterocycles. The van der Waals surface area contributed by atoms with E-state index in [4.69, 9.17) is 10.5 Å². The number of nitrogens with zero attached hydrogens (tertiary/aromatic N) is 4. The van der Waals surface area contributed by atoms with E-state index < -0.39 is 0 Å². The molecule has 3 rings (SSSR count). The average molecular weight is 438 g/mol. The smallest absolute Gasteiger partial charge is 0.247 e. The first-order valence-electron chi connectivity index (χ1n) is 10.4. The van der Waals surface area contributed by atoms with E-state index in [1.165, 1.54) is 0 Å². The summed E-state index contributed by atoms with van der Waals surface area (Å²) in [5, 5.41) is 5.60. The Morgan fingerprint density at radius 3 is 2.59 bits per heavy atom. The largest absolute Gasteiger partial charge is 0.387 e. The van der Waals surface area contributed by atoms with Crippen molar-refractivity contribution >= 4 is 29.4 Å². The maximum absolute atomic E-state index is 12.4. The molecule has 0 atom stereocenters. The van der Waals surface area contributed by atoms with Crippen LogP contribution in [0.3, 0.4) is 0 Å². The van der Waals surface area contributed by atoms with Gasteiger partial charge in [-0.1, -0.05) is 6.92 Å². The van der Waals surface area contributed by atoms with Gasteiger partial charge in [0, 0.05) is 61.8 Å². The first kappa shape index (κ1) is 23.0. The lowest BCUT2D eigenvalue weighted by Gasteiger charge is -2.07. The van der Waals surface area contributed by atoms with Crippen LogP contribution in [0.5, 0.6) is 0 Å². The number of rotatable bonds is 9. The quantitative estimate of drug-likeness (QED) is 0.539. The number of hydrogen-bond donors (Lipinski definition) is 3. The van der Waals surface area contributed by atoms with E-state index >= 15 is 0 Å². The fraction of sp³-hybridized carbons (Fsp3) is 0.364. The molecule has 2 amide bonds. The number of carbonyl (C=O) groups is 2. The molecule has 0 bridgehead atoms. The molecule has 1 aliphatic heterocycles. The molecule has 10 heteroatoms. The van der Waals surface area contributed by atoms with E-state index in [0.29, 0.717) is 41.8 Å². The van der Waals surface area contributed by atoms with Gasteiger partial charge in [-0.05, 0) is 18.6 Å². The highest BCUT2D eigenvalue weighted by Gasteiger charge is 2.17. The van der Waals surface area contributed by atoms with Crippen molar-refractivity contribution in [3.63, 3.8) is 0 Å². The number of aliphatic imine (C=N–C) groups is 1. The molecule has 168 valence electrons. The van der Waals surface area contributed by atoms with E-state index in [-0.39, 0.29) is 31.2 Å². The second-order valence-electron chi connectivity index (χ2n) is 7.24. The number of nitrogens with two attached hydrogens (primary N) is 1. The zero-order chi connectivity index (χ0) is 22.9. The first-order chi connectivity index (χ1) is 15.5. The maximum atomic E-state index is 12.4. The summed E-state index contributed by atoms with van der Waals surface area (Å²) in [7, 11) is 1.55. The van der Waals surface area contributed by atoms with Gasteiger partial charge in [0.05, 0.1) is 24.5 Å². The van der Waals surface area contributed by atoms with Gasteiger partial charge in [0.1, 0.15) is 11.7 Å². The van der Waals surface area contributed by atoms with Crippen LogP contribution in [0.25, 0.3) is 17.2 Å². The molecule has 32 heavy (non-hydrogen) atoms. The first-order valence-corrected chi connectivity index (χ1v) is 10.4. The predicted molar refractivity (Wildman–Crippen MR) is 121 cm³/mol. The average Bonchev–Trinajstić information content (AvgIpc) is 2.97. The maximum Gasteiger partial charge on any atom is 0.247 e. The summed E-state index contributed by atoms with van der Waals surface area (Å²) in [6.07, 6.45) is 8.12. The molecule has 0 unspecified atom stereocenters. The van der Waals surface area contributed by atoms with Crippen molar-refractivity contribution in [2.75, 3.05) is 20.3 Å². The lowest BCUT2D eigenvalue weighted by atomic mass is 10.1. The third-order valence-corrected chi connectivity index (χ3v) is 4.69. The third kappa shape index (κ3) is 6.17. The minimum atomic E-state index is -0.165. The summed E-state index contributed by atoms with van der Waals surface area (Å²) >= 11 is 0. The van der Waals surface area contributed by atoms with Crippen molar-refractivity contribution in [3.8, 4) is 11.1 Å². The van der Waals surface area contributed by atoms with Gasteiger partial charge in [0.15, 0.2) is 0 Å². The van der Waals surface area contributed by atoms with Crippen LogP contribution < -0.4 is 16.4 Å². The second-order valence-corrected chi connectivity index (χ2v) is 7.24. The molecule has 0 fully saturated rings. The Morgan fingerprint density at radius 2 is 1.88 bits per heavy atom. The molecule has 0 aliphatic carbocycles. The zero-order valence-corrected chi connectivity index (χ0v) is 18.2. The Morgan fingerprint density at radius 1 is 1.12 bits per heavy atom. The molecule has 10 nitrogen and oxygen atoms in total. The molecular weight excluding hydrogens is 410 g/mol. The number of amides is 2. The van der Waals surface area contributed by atoms with Crippen molar-refractivity contribution in [2.45, 2.75) is 32.7 Å². The number of fused-ring (bicyclic) bond motifs is 1. The third-order valence-electron chi connectivity index (χ3n) is 4.69. The van der Waals surface area contributed by atoms with Crippen LogP contribution in [-0.4, -0.2) is 52.9 Å². The minimum absolute atomic E-state index is 0.124. The van der Waals surface area contributed by atoms with Crippen LogP contribution in [-0.2, 0) is 20.9 Å². The van der Waals surface area contributed by atoms with Gasteiger partial charge >= 0.3 is 0 Å². The van der Waals surface area contributed by atoms with Crippen LogP contribution in [0, 0.1) is 0 Å². The fourth-order valence-electron chi connectivity index (χ4n) is 2.98. The van der Waals surface area contributed by atoms with E-state index in [9.17, 15) is 9.59 Å². The van der Waals surface area contributed by atoms with Gasteiger partial charge in [-0.3, -0.25) is 14.6 Å². The van der Waals surface area contributed by atoms with Gasteiger partial charge < -0.3 is 21.1 Å². The highest BCUT2D eigenvalue weighted by Crippen LogP contribution is 2.29. The van der Waals surface area contributed by atoms with Gasteiger partial charge in [0.25, 0.3) is 0 Å².